The molecule has 0 aromatic heterocycles. The van der Waals surface area contributed by atoms with Crippen LogP contribution in [0.1, 0.15) is 46.0 Å². The number of ether oxygens (including phenoxy) is 1. The first-order valence-corrected chi connectivity index (χ1v) is 7.91. The van der Waals surface area contributed by atoms with Crippen LogP contribution in [-0.2, 0) is 0 Å². The van der Waals surface area contributed by atoms with Crippen molar-refractivity contribution in [2.24, 2.45) is 0 Å². The lowest BCUT2D eigenvalue weighted by Gasteiger charge is -2.40. The van der Waals surface area contributed by atoms with Crippen molar-refractivity contribution in [3.05, 3.63) is 24.3 Å². The number of carbonyl (C=O) groups excluding carboxylic acids is 1. The van der Waals surface area contributed by atoms with Crippen LogP contribution in [0, 0.1) is 0 Å². The number of nitrogens with zero attached hydrogens (tertiary/aromatic N) is 1. The summed E-state index contributed by atoms with van der Waals surface area (Å²) < 4.78 is 5.97. The Hall–Kier alpha value is -1.71. The van der Waals surface area contributed by atoms with Gasteiger partial charge in [-0.2, -0.15) is 0 Å². The lowest BCUT2D eigenvalue weighted by molar-refractivity contribution is 0.106. The second-order valence-corrected chi connectivity index (χ2v) is 6.70. The van der Waals surface area contributed by atoms with Crippen LogP contribution in [0.4, 0.5) is 10.5 Å². The lowest BCUT2D eigenvalue weighted by atomic mass is 9.95. The summed E-state index contributed by atoms with van der Waals surface area (Å²) in [6.07, 6.45) is 5.92. The molecule has 4 nitrogen and oxygen atoms in total. The summed E-state index contributed by atoms with van der Waals surface area (Å²) >= 11 is 0. The Morgan fingerprint density at radius 1 is 1.24 bits per heavy atom. The van der Waals surface area contributed by atoms with E-state index in [4.69, 9.17) is 4.74 Å². The number of hydrogen-bond donors (Lipinski definition) is 1. The minimum Gasteiger partial charge on any atom is -0.484 e. The highest BCUT2D eigenvalue weighted by atomic mass is 16.5. The van der Waals surface area contributed by atoms with Gasteiger partial charge >= 0.3 is 6.03 Å². The monoisotopic (exact) mass is 288 g/mol. The standard InChI is InChI=1S/C17H24N2O2/c1-17(2)12-19(14-10-6-7-11-15(14)21-17)16(20)18-13-8-4-3-5-9-13/h6-7,10-11,13H,3-5,8-9,12H2,1-2H3,(H,18,20). The highest BCUT2D eigenvalue weighted by Gasteiger charge is 2.35. The van der Waals surface area contributed by atoms with E-state index in [-0.39, 0.29) is 11.6 Å². The summed E-state index contributed by atoms with van der Waals surface area (Å²) in [5, 5.41) is 3.20. The Morgan fingerprint density at radius 2 is 1.95 bits per heavy atom. The number of amides is 2. The van der Waals surface area contributed by atoms with Gasteiger partial charge in [0.15, 0.2) is 0 Å². The normalized spacial score (nSPS) is 21.3. The Kier molecular flexibility index (Phi) is 3.79. The topological polar surface area (TPSA) is 41.6 Å². The molecule has 0 spiro atoms. The van der Waals surface area contributed by atoms with Gasteiger partial charge in [-0.15, -0.1) is 0 Å². The average Bonchev–Trinajstić information content (AvgIpc) is 2.46. The molecular formula is C17H24N2O2. The van der Waals surface area contributed by atoms with Gasteiger partial charge < -0.3 is 10.1 Å². The van der Waals surface area contributed by atoms with Crippen LogP contribution in [0.3, 0.4) is 0 Å². The van der Waals surface area contributed by atoms with E-state index in [2.05, 4.69) is 5.32 Å². The number of urea groups is 1. The molecule has 0 bridgehead atoms. The fraction of sp³-hybridized carbons (Fsp3) is 0.588. The fourth-order valence-corrected chi connectivity index (χ4v) is 3.24. The zero-order valence-corrected chi connectivity index (χ0v) is 12.9. The molecule has 2 amide bonds. The maximum absolute atomic E-state index is 12.7. The molecule has 21 heavy (non-hydrogen) atoms. The van der Waals surface area contributed by atoms with E-state index in [1.54, 1.807) is 0 Å². The highest BCUT2D eigenvalue weighted by Crippen LogP contribution is 2.36. The van der Waals surface area contributed by atoms with Gasteiger partial charge in [0.1, 0.15) is 11.4 Å². The molecule has 114 valence electrons. The Balaban J connectivity index is 1.78. The van der Waals surface area contributed by atoms with Crippen molar-refractivity contribution in [2.45, 2.75) is 57.6 Å². The summed E-state index contributed by atoms with van der Waals surface area (Å²) in [5.74, 6) is 0.785. The van der Waals surface area contributed by atoms with Crippen molar-refractivity contribution in [3.63, 3.8) is 0 Å². The van der Waals surface area contributed by atoms with Gasteiger partial charge in [-0.3, -0.25) is 4.90 Å². The van der Waals surface area contributed by atoms with Gasteiger partial charge in [0.05, 0.1) is 12.2 Å². The molecule has 1 aliphatic carbocycles. The van der Waals surface area contributed by atoms with Gasteiger partial charge in [0, 0.05) is 6.04 Å². The predicted octanol–water partition coefficient (Wildman–Crippen LogP) is 3.71. The van der Waals surface area contributed by atoms with Crippen molar-refractivity contribution in [1.82, 2.24) is 5.32 Å². The van der Waals surface area contributed by atoms with Gasteiger partial charge in [0.25, 0.3) is 0 Å². The van der Waals surface area contributed by atoms with Crippen molar-refractivity contribution >= 4 is 11.7 Å². The molecule has 2 aliphatic rings. The van der Waals surface area contributed by atoms with Crippen LogP contribution in [0.5, 0.6) is 5.75 Å². The Bertz CT molecular complexity index is 521. The van der Waals surface area contributed by atoms with Crippen LogP contribution in [0.15, 0.2) is 24.3 Å². The van der Waals surface area contributed by atoms with Gasteiger partial charge in [-0.1, -0.05) is 31.4 Å². The molecule has 0 atom stereocenters. The maximum Gasteiger partial charge on any atom is 0.322 e. The molecule has 1 aliphatic heterocycles. The summed E-state index contributed by atoms with van der Waals surface area (Å²) in [7, 11) is 0. The predicted molar refractivity (Wildman–Crippen MR) is 83.9 cm³/mol. The molecule has 4 heteroatoms. The van der Waals surface area contributed by atoms with Gasteiger partial charge in [0.2, 0.25) is 0 Å². The number of nitrogens with one attached hydrogen (secondary N) is 1. The molecule has 1 aromatic rings. The molecule has 0 saturated heterocycles. The number of carbonyl (C=O) groups is 1. The van der Waals surface area contributed by atoms with Crippen LogP contribution < -0.4 is 15.0 Å². The Morgan fingerprint density at radius 3 is 2.71 bits per heavy atom. The zero-order valence-electron chi connectivity index (χ0n) is 12.9. The maximum atomic E-state index is 12.7. The molecule has 0 unspecified atom stereocenters. The third-order valence-electron chi connectivity index (χ3n) is 4.26. The van der Waals surface area contributed by atoms with Crippen LogP contribution in [0.25, 0.3) is 0 Å². The first kappa shape index (κ1) is 14.2. The molecule has 1 aromatic carbocycles. The molecule has 1 heterocycles. The van der Waals surface area contributed by atoms with E-state index in [9.17, 15) is 4.79 Å². The molecule has 0 radical (unpaired) electrons. The molecule has 1 fully saturated rings. The Labute approximate surface area is 126 Å². The fourth-order valence-electron chi connectivity index (χ4n) is 3.24. The first-order valence-electron chi connectivity index (χ1n) is 7.91. The molecule has 1 N–H and O–H groups in total. The van der Waals surface area contributed by atoms with E-state index in [1.165, 1.54) is 19.3 Å². The zero-order chi connectivity index (χ0) is 14.9. The quantitative estimate of drug-likeness (QED) is 0.856. The van der Waals surface area contributed by atoms with E-state index in [0.29, 0.717) is 12.6 Å². The van der Waals surface area contributed by atoms with Crippen molar-refractivity contribution in [1.29, 1.82) is 0 Å². The number of hydrogen-bond acceptors (Lipinski definition) is 2. The molecule has 1 saturated carbocycles. The van der Waals surface area contributed by atoms with Crippen molar-refractivity contribution in [3.8, 4) is 5.75 Å². The number of anilines is 1. The second-order valence-electron chi connectivity index (χ2n) is 6.70. The average molecular weight is 288 g/mol. The molecule has 3 rings (SSSR count). The van der Waals surface area contributed by atoms with Crippen LogP contribution in [0.2, 0.25) is 0 Å². The minimum atomic E-state index is -0.363. The second kappa shape index (κ2) is 5.58. The number of benzene rings is 1. The number of fused-ring (bicyclic) bond motifs is 1. The van der Waals surface area contributed by atoms with E-state index in [0.717, 1.165) is 24.3 Å². The third-order valence-corrected chi connectivity index (χ3v) is 4.26. The SMILES string of the molecule is CC1(C)CN(C(=O)NC2CCCCC2)c2ccccc2O1. The smallest absolute Gasteiger partial charge is 0.322 e. The number of rotatable bonds is 1. The van der Waals surface area contributed by atoms with Crippen LogP contribution in [-0.4, -0.2) is 24.2 Å². The lowest BCUT2D eigenvalue weighted by Crippen LogP contribution is -2.54. The largest absolute Gasteiger partial charge is 0.484 e. The van der Waals surface area contributed by atoms with E-state index < -0.39 is 0 Å². The van der Waals surface area contributed by atoms with Crippen LogP contribution >= 0.6 is 0 Å². The van der Waals surface area contributed by atoms with Crippen molar-refractivity contribution in [2.75, 3.05) is 11.4 Å². The third kappa shape index (κ3) is 3.14. The highest BCUT2D eigenvalue weighted by molar-refractivity contribution is 5.94. The van der Waals surface area contributed by atoms with E-state index >= 15 is 0 Å². The number of para-hydroxylation sites is 2. The van der Waals surface area contributed by atoms with Gasteiger partial charge in [-0.05, 0) is 38.8 Å². The first-order chi connectivity index (χ1) is 10.1. The summed E-state index contributed by atoms with van der Waals surface area (Å²) in [5.41, 5.74) is 0.503. The summed E-state index contributed by atoms with van der Waals surface area (Å²) in [6.45, 7) is 4.61. The van der Waals surface area contributed by atoms with Crippen molar-refractivity contribution < 1.29 is 9.53 Å². The minimum absolute atomic E-state index is 0.00530. The summed E-state index contributed by atoms with van der Waals surface area (Å²) in [4.78, 5) is 14.5. The van der Waals surface area contributed by atoms with E-state index in [1.807, 2.05) is 43.0 Å². The van der Waals surface area contributed by atoms with Gasteiger partial charge in [-0.25, -0.2) is 4.79 Å². The molecular weight excluding hydrogens is 264 g/mol. The summed E-state index contributed by atoms with van der Waals surface area (Å²) in [6, 6.07) is 8.09.